The first-order valence-corrected chi connectivity index (χ1v) is 7.19. The molecule has 3 rings (SSSR count). The van der Waals surface area contributed by atoms with Crippen molar-refractivity contribution in [3.05, 3.63) is 58.2 Å². The third kappa shape index (κ3) is 2.47. The molecule has 22 heavy (non-hydrogen) atoms. The lowest BCUT2D eigenvalue weighted by molar-refractivity contribution is 0.0600. The van der Waals surface area contributed by atoms with Gasteiger partial charge in [-0.05, 0) is 36.4 Å². The number of ether oxygens (including phenoxy) is 1. The van der Waals surface area contributed by atoms with Gasteiger partial charge >= 0.3 is 5.97 Å². The molecule has 0 aliphatic carbocycles. The fraction of sp³-hybridized carbons (Fsp3) is 0.0625. The van der Waals surface area contributed by atoms with Crippen molar-refractivity contribution in [1.82, 2.24) is 9.78 Å². The van der Waals surface area contributed by atoms with Gasteiger partial charge < -0.3 is 4.74 Å². The summed E-state index contributed by atoms with van der Waals surface area (Å²) in [5.41, 5.74) is 2.13. The molecule has 0 unspecified atom stereocenters. The monoisotopic (exact) mass is 355 g/mol. The first-order chi connectivity index (χ1) is 10.6. The number of benzene rings is 2. The normalized spacial score (nSPS) is 10.4. The molecular weight excluding hydrogens is 346 g/mol. The summed E-state index contributed by atoms with van der Waals surface area (Å²) in [6.07, 6.45) is 1.84. The lowest BCUT2D eigenvalue weighted by atomic mass is 10.1. The number of esters is 1. The molecule has 0 radical (unpaired) electrons. The largest absolute Gasteiger partial charge is 0.465 e. The van der Waals surface area contributed by atoms with Crippen LogP contribution in [0.1, 0.15) is 15.9 Å². The summed E-state index contributed by atoms with van der Waals surface area (Å²) < 4.78 is 7.26. The van der Waals surface area contributed by atoms with Gasteiger partial charge in [0.15, 0.2) is 0 Å². The molecule has 108 valence electrons. The molecule has 1 aromatic heterocycles. The minimum absolute atomic E-state index is 0.335. The Balaban J connectivity index is 2.13. The smallest absolute Gasteiger partial charge is 0.337 e. The van der Waals surface area contributed by atoms with E-state index >= 15 is 0 Å². The van der Waals surface area contributed by atoms with Gasteiger partial charge in [-0.2, -0.15) is 10.4 Å². The Kier molecular flexibility index (Phi) is 3.65. The summed E-state index contributed by atoms with van der Waals surface area (Å²) in [6.45, 7) is 0. The van der Waals surface area contributed by atoms with Gasteiger partial charge in [-0.25, -0.2) is 9.48 Å². The van der Waals surface area contributed by atoms with Gasteiger partial charge in [0.1, 0.15) is 6.07 Å². The minimum Gasteiger partial charge on any atom is -0.465 e. The summed E-state index contributed by atoms with van der Waals surface area (Å²) >= 11 is 3.42. The Morgan fingerprint density at radius 3 is 2.86 bits per heavy atom. The summed E-state index contributed by atoms with van der Waals surface area (Å²) in [5, 5.41) is 14.7. The zero-order valence-electron chi connectivity index (χ0n) is 11.6. The highest BCUT2D eigenvalue weighted by molar-refractivity contribution is 9.10. The minimum atomic E-state index is -0.474. The predicted octanol–water partition coefficient (Wildman–Crippen LogP) is 3.45. The van der Waals surface area contributed by atoms with Gasteiger partial charge in [-0.1, -0.05) is 15.9 Å². The predicted molar refractivity (Wildman–Crippen MR) is 84.8 cm³/mol. The molecule has 6 heteroatoms. The Hall–Kier alpha value is -2.65. The number of carbonyl (C=O) groups is 1. The molecule has 0 saturated carbocycles. The maximum absolute atomic E-state index is 11.5. The van der Waals surface area contributed by atoms with Crippen LogP contribution in [0, 0.1) is 11.3 Å². The standard InChI is InChI=1S/C16H10BrN3O2/c1-22-16(21)10-2-5-15(11(6-10)8-18)20-9-12-7-13(17)3-4-14(12)19-20/h2-7,9H,1H3. The third-order valence-corrected chi connectivity index (χ3v) is 3.74. The van der Waals surface area contributed by atoms with Crippen molar-refractivity contribution in [2.75, 3.05) is 7.11 Å². The highest BCUT2D eigenvalue weighted by Gasteiger charge is 2.12. The Morgan fingerprint density at radius 2 is 2.14 bits per heavy atom. The van der Waals surface area contributed by atoms with Crippen LogP contribution in [0.5, 0.6) is 0 Å². The molecule has 0 spiro atoms. The van der Waals surface area contributed by atoms with E-state index in [0.29, 0.717) is 16.8 Å². The second-order valence-electron chi connectivity index (χ2n) is 4.61. The van der Waals surface area contributed by atoms with Crippen molar-refractivity contribution in [3.63, 3.8) is 0 Å². The van der Waals surface area contributed by atoms with Crippen molar-refractivity contribution in [2.45, 2.75) is 0 Å². The molecular formula is C16H10BrN3O2. The van der Waals surface area contributed by atoms with Crippen LogP contribution in [-0.4, -0.2) is 22.9 Å². The zero-order chi connectivity index (χ0) is 15.7. The molecule has 0 amide bonds. The van der Waals surface area contributed by atoms with Crippen molar-refractivity contribution in [1.29, 1.82) is 5.26 Å². The maximum atomic E-state index is 11.5. The van der Waals surface area contributed by atoms with Gasteiger partial charge in [0, 0.05) is 16.1 Å². The first-order valence-electron chi connectivity index (χ1n) is 6.40. The summed E-state index contributed by atoms with van der Waals surface area (Å²) in [6, 6.07) is 12.6. The third-order valence-electron chi connectivity index (χ3n) is 3.25. The van der Waals surface area contributed by atoms with Gasteiger partial charge in [0.25, 0.3) is 0 Å². The molecule has 0 aliphatic rings. The average Bonchev–Trinajstić information content (AvgIpc) is 2.96. The molecule has 0 bridgehead atoms. The van der Waals surface area contributed by atoms with Crippen molar-refractivity contribution >= 4 is 32.8 Å². The van der Waals surface area contributed by atoms with E-state index in [-0.39, 0.29) is 0 Å². The van der Waals surface area contributed by atoms with E-state index in [1.807, 2.05) is 24.4 Å². The maximum Gasteiger partial charge on any atom is 0.337 e. The number of fused-ring (bicyclic) bond motifs is 1. The van der Waals surface area contributed by atoms with E-state index < -0.39 is 5.97 Å². The van der Waals surface area contributed by atoms with Crippen LogP contribution < -0.4 is 0 Å². The highest BCUT2D eigenvalue weighted by atomic mass is 79.9. The number of carbonyl (C=O) groups excluding carboxylic acids is 1. The van der Waals surface area contributed by atoms with E-state index in [4.69, 9.17) is 0 Å². The van der Waals surface area contributed by atoms with Crippen molar-refractivity contribution in [3.8, 4) is 11.8 Å². The van der Waals surface area contributed by atoms with Crippen LogP contribution in [0.15, 0.2) is 47.1 Å². The zero-order valence-corrected chi connectivity index (χ0v) is 13.2. The lowest BCUT2D eigenvalue weighted by Gasteiger charge is -2.05. The quantitative estimate of drug-likeness (QED) is 0.660. The second-order valence-corrected chi connectivity index (χ2v) is 5.53. The molecule has 0 aliphatic heterocycles. The van der Waals surface area contributed by atoms with Crippen molar-refractivity contribution < 1.29 is 9.53 Å². The molecule has 0 fully saturated rings. The molecule has 2 aromatic carbocycles. The van der Waals surface area contributed by atoms with E-state index in [0.717, 1.165) is 15.4 Å². The topological polar surface area (TPSA) is 67.9 Å². The highest BCUT2D eigenvalue weighted by Crippen LogP contribution is 2.22. The summed E-state index contributed by atoms with van der Waals surface area (Å²) in [7, 11) is 1.31. The Morgan fingerprint density at radius 1 is 1.32 bits per heavy atom. The summed E-state index contributed by atoms with van der Waals surface area (Å²) in [4.78, 5) is 11.5. The van der Waals surface area contributed by atoms with Crippen LogP contribution in [0.2, 0.25) is 0 Å². The molecule has 0 atom stereocenters. The lowest BCUT2D eigenvalue weighted by Crippen LogP contribution is -2.04. The number of halogens is 1. The van der Waals surface area contributed by atoms with Gasteiger partial charge in [-0.15, -0.1) is 0 Å². The molecule has 1 heterocycles. The van der Waals surface area contributed by atoms with Crippen LogP contribution in [0.4, 0.5) is 0 Å². The number of aromatic nitrogens is 2. The molecule has 0 N–H and O–H groups in total. The number of nitrogens with zero attached hydrogens (tertiary/aromatic N) is 3. The fourth-order valence-corrected chi connectivity index (χ4v) is 2.57. The van der Waals surface area contributed by atoms with Gasteiger partial charge in [0.05, 0.1) is 29.4 Å². The van der Waals surface area contributed by atoms with Gasteiger partial charge in [-0.3, -0.25) is 0 Å². The van der Waals surface area contributed by atoms with E-state index in [1.165, 1.54) is 13.2 Å². The first kappa shape index (κ1) is 14.3. The Labute approximate surface area is 134 Å². The van der Waals surface area contributed by atoms with Gasteiger partial charge in [0.2, 0.25) is 0 Å². The van der Waals surface area contributed by atoms with E-state index in [2.05, 4.69) is 31.8 Å². The number of nitriles is 1. The second kappa shape index (κ2) is 5.62. The number of hydrogen-bond donors (Lipinski definition) is 0. The number of hydrogen-bond acceptors (Lipinski definition) is 4. The van der Waals surface area contributed by atoms with E-state index in [1.54, 1.807) is 16.8 Å². The molecule has 5 nitrogen and oxygen atoms in total. The van der Waals surface area contributed by atoms with Crippen molar-refractivity contribution in [2.24, 2.45) is 0 Å². The number of rotatable bonds is 2. The SMILES string of the molecule is COC(=O)c1ccc(-n2cc3cc(Br)ccc3n2)c(C#N)c1. The number of methoxy groups -OCH3 is 1. The molecule has 0 saturated heterocycles. The molecule has 3 aromatic rings. The summed E-state index contributed by atoms with van der Waals surface area (Å²) in [5.74, 6) is -0.474. The Bertz CT molecular complexity index is 925. The van der Waals surface area contributed by atoms with Crippen LogP contribution >= 0.6 is 15.9 Å². The average molecular weight is 356 g/mol. The van der Waals surface area contributed by atoms with E-state index in [9.17, 15) is 10.1 Å². The van der Waals surface area contributed by atoms with Crippen LogP contribution in [-0.2, 0) is 4.74 Å². The van der Waals surface area contributed by atoms with Crippen LogP contribution in [0.3, 0.4) is 0 Å². The fourth-order valence-electron chi connectivity index (χ4n) is 2.19. The van der Waals surface area contributed by atoms with Crippen LogP contribution in [0.25, 0.3) is 16.6 Å².